The topological polar surface area (TPSA) is 84.2 Å². The van der Waals surface area contributed by atoms with Crippen LogP contribution in [0.3, 0.4) is 0 Å². The van der Waals surface area contributed by atoms with E-state index in [4.69, 9.17) is 11.6 Å². The number of phenols is 3. The van der Waals surface area contributed by atoms with Gasteiger partial charge in [0.1, 0.15) is 17.2 Å². The number of likely N-dealkylation sites (tertiary alicyclic amines) is 1. The van der Waals surface area contributed by atoms with Gasteiger partial charge in [0, 0.05) is 60.4 Å². The summed E-state index contributed by atoms with van der Waals surface area (Å²) in [5, 5.41) is 32.8. The van der Waals surface area contributed by atoms with Gasteiger partial charge in [0.05, 0.1) is 0 Å². The second-order valence-corrected chi connectivity index (χ2v) is 9.54. The molecule has 1 saturated heterocycles. The molecule has 2 aliphatic heterocycles. The average molecular weight is 455 g/mol. The highest BCUT2D eigenvalue weighted by Crippen LogP contribution is 2.46. The van der Waals surface area contributed by atoms with Crippen molar-refractivity contribution in [3.05, 3.63) is 63.7 Å². The van der Waals surface area contributed by atoms with Gasteiger partial charge in [0.2, 0.25) is 5.91 Å². The molecule has 6 nitrogen and oxygen atoms in total. The molecule has 0 unspecified atom stereocenters. The molecular weight excluding hydrogens is 428 g/mol. The van der Waals surface area contributed by atoms with Crippen molar-refractivity contribution in [1.29, 1.82) is 0 Å². The fraction of sp³-hybridized carbons (Fsp3) is 0.400. The van der Waals surface area contributed by atoms with Gasteiger partial charge >= 0.3 is 0 Å². The molecular formula is C25H27ClN2O4. The molecule has 1 saturated carbocycles. The molecule has 5 rings (SSSR count). The summed E-state index contributed by atoms with van der Waals surface area (Å²) in [5.41, 5.74) is 3.85. The van der Waals surface area contributed by atoms with Gasteiger partial charge in [0.25, 0.3) is 0 Å². The average Bonchev–Trinajstić information content (AvgIpc) is 3.57. The molecule has 1 aliphatic carbocycles. The molecule has 3 N–H and O–H groups in total. The van der Waals surface area contributed by atoms with Crippen molar-refractivity contribution in [2.24, 2.45) is 0 Å². The van der Waals surface area contributed by atoms with Crippen molar-refractivity contribution in [2.45, 2.75) is 44.2 Å². The number of fused-ring (bicyclic) bond motifs is 1. The highest BCUT2D eigenvalue weighted by Gasteiger charge is 2.36. The molecule has 2 aromatic carbocycles. The van der Waals surface area contributed by atoms with Gasteiger partial charge in [-0.3, -0.25) is 9.69 Å². The first-order chi connectivity index (χ1) is 15.4. The Balaban J connectivity index is 1.36. The predicted molar refractivity (Wildman–Crippen MR) is 122 cm³/mol. The van der Waals surface area contributed by atoms with Crippen molar-refractivity contribution in [2.75, 3.05) is 19.6 Å². The standard InChI is InChI=1S/C25H27ClN2O4/c1-2-24(31)28-11-17(12-28)27-6-5-18-20(13-27)23(30)9-16(25(18)32)7-15-8-19(14-3-4-14)21(26)10-22(15)29/h2,8-10,14,17,29-30,32H,1,3-7,11-13H2. The van der Waals surface area contributed by atoms with E-state index in [2.05, 4.69) is 11.5 Å². The van der Waals surface area contributed by atoms with Crippen LogP contribution in [0.1, 0.15) is 46.6 Å². The van der Waals surface area contributed by atoms with Crippen molar-refractivity contribution >= 4 is 17.5 Å². The van der Waals surface area contributed by atoms with Gasteiger partial charge in [-0.2, -0.15) is 0 Å². The smallest absolute Gasteiger partial charge is 0.246 e. The molecule has 2 aromatic rings. The number of carbonyl (C=O) groups is 1. The summed E-state index contributed by atoms with van der Waals surface area (Å²) in [6.45, 7) is 6.13. The molecule has 1 amide bonds. The summed E-state index contributed by atoms with van der Waals surface area (Å²) < 4.78 is 0. The number of nitrogens with zero attached hydrogens (tertiary/aromatic N) is 2. The molecule has 0 atom stereocenters. The third kappa shape index (κ3) is 3.71. The van der Waals surface area contributed by atoms with Crippen molar-refractivity contribution in [1.82, 2.24) is 9.80 Å². The lowest BCUT2D eigenvalue weighted by Crippen LogP contribution is -2.61. The minimum absolute atomic E-state index is 0.0564. The zero-order valence-electron chi connectivity index (χ0n) is 17.9. The molecule has 0 bridgehead atoms. The number of benzene rings is 2. The van der Waals surface area contributed by atoms with Crippen LogP contribution in [0.5, 0.6) is 17.2 Å². The first kappa shape index (κ1) is 21.2. The van der Waals surface area contributed by atoms with Crippen molar-refractivity contribution in [3.63, 3.8) is 0 Å². The van der Waals surface area contributed by atoms with E-state index in [-0.39, 0.29) is 29.2 Å². The minimum atomic E-state index is -0.0564. The lowest BCUT2D eigenvalue weighted by molar-refractivity contribution is -0.133. The van der Waals surface area contributed by atoms with Gasteiger partial charge in [0.15, 0.2) is 0 Å². The lowest BCUT2D eigenvalue weighted by atomic mass is 9.90. The summed E-state index contributed by atoms with van der Waals surface area (Å²) in [4.78, 5) is 15.7. The number of aromatic hydroxyl groups is 3. The van der Waals surface area contributed by atoms with Crippen LogP contribution in [0.4, 0.5) is 0 Å². The first-order valence-electron chi connectivity index (χ1n) is 11.1. The van der Waals surface area contributed by atoms with E-state index in [0.29, 0.717) is 54.5 Å². The van der Waals surface area contributed by atoms with Gasteiger partial charge in [-0.05, 0) is 54.5 Å². The minimum Gasteiger partial charge on any atom is -0.508 e. The Labute approximate surface area is 192 Å². The zero-order chi connectivity index (χ0) is 22.6. The Morgan fingerprint density at radius 1 is 1.09 bits per heavy atom. The van der Waals surface area contributed by atoms with Gasteiger partial charge in [-0.25, -0.2) is 0 Å². The number of halogens is 1. The second kappa shape index (κ2) is 8.01. The first-order valence-corrected chi connectivity index (χ1v) is 11.5. The Bertz CT molecular complexity index is 1110. The highest BCUT2D eigenvalue weighted by molar-refractivity contribution is 6.31. The third-order valence-corrected chi connectivity index (χ3v) is 7.37. The number of hydrogen-bond acceptors (Lipinski definition) is 5. The SMILES string of the molecule is C=CC(=O)N1CC(N2CCc3c(O)c(Cc4cc(C5CC5)c(Cl)cc4O)cc(O)c3C2)C1. The number of amides is 1. The molecule has 168 valence electrons. The molecule has 2 fully saturated rings. The van der Waals surface area contributed by atoms with E-state index in [9.17, 15) is 20.1 Å². The highest BCUT2D eigenvalue weighted by atomic mass is 35.5. The third-order valence-electron chi connectivity index (χ3n) is 7.05. The van der Waals surface area contributed by atoms with Gasteiger partial charge in [-0.15, -0.1) is 0 Å². The van der Waals surface area contributed by atoms with E-state index >= 15 is 0 Å². The van der Waals surface area contributed by atoms with E-state index in [1.807, 2.05) is 6.07 Å². The van der Waals surface area contributed by atoms with Gasteiger partial charge in [-0.1, -0.05) is 24.2 Å². The van der Waals surface area contributed by atoms with Crippen molar-refractivity contribution < 1.29 is 20.1 Å². The fourth-order valence-electron chi connectivity index (χ4n) is 4.92. The molecule has 32 heavy (non-hydrogen) atoms. The second-order valence-electron chi connectivity index (χ2n) is 9.14. The molecule has 0 spiro atoms. The Kier molecular flexibility index (Phi) is 5.30. The van der Waals surface area contributed by atoms with Crippen molar-refractivity contribution in [3.8, 4) is 17.2 Å². The summed E-state index contributed by atoms with van der Waals surface area (Å²) in [5.74, 6) is 0.844. The van der Waals surface area contributed by atoms with E-state index < -0.39 is 0 Å². The fourth-order valence-corrected chi connectivity index (χ4v) is 5.23. The number of rotatable bonds is 5. The molecule has 3 aliphatic rings. The predicted octanol–water partition coefficient (Wildman–Crippen LogP) is 3.68. The van der Waals surface area contributed by atoms with Crippen LogP contribution >= 0.6 is 11.6 Å². The summed E-state index contributed by atoms with van der Waals surface area (Å²) in [6.07, 6.45) is 4.48. The zero-order valence-corrected chi connectivity index (χ0v) is 18.6. The van der Waals surface area contributed by atoms with E-state index in [1.165, 1.54) is 6.08 Å². The number of hydrogen-bond donors (Lipinski definition) is 3. The van der Waals surface area contributed by atoms with Crippen LogP contribution in [-0.2, 0) is 24.2 Å². The monoisotopic (exact) mass is 454 g/mol. The summed E-state index contributed by atoms with van der Waals surface area (Å²) in [7, 11) is 0. The number of phenolic OH excluding ortho intramolecular Hbond substituents is 3. The largest absolute Gasteiger partial charge is 0.508 e. The maximum atomic E-state index is 11.7. The Hall–Kier alpha value is -2.70. The molecule has 0 aromatic heterocycles. The Morgan fingerprint density at radius 3 is 2.53 bits per heavy atom. The van der Waals surface area contributed by atoms with Crippen LogP contribution < -0.4 is 0 Å². The Morgan fingerprint density at radius 2 is 1.84 bits per heavy atom. The maximum absolute atomic E-state index is 11.7. The van der Waals surface area contributed by atoms with Crippen LogP contribution in [0, 0.1) is 0 Å². The lowest BCUT2D eigenvalue weighted by Gasteiger charge is -2.46. The van der Waals surface area contributed by atoms with Crippen LogP contribution in [0.25, 0.3) is 0 Å². The quantitative estimate of drug-likeness (QED) is 0.474. The molecule has 2 heterocycles. The normalized spacial score (nSPS) is 18.8. The van der Waals surface area contributed by atoms with E-state index in [1.54, 1.807) is 17.0 Å². The van der Waals surface area contributed by atoms with E-state index in [0.717, 1.165) is 36.1 Å². The van der Waals surface area contributed by atoms with Gasteiger partial charge < -0.3 is 20.2 Å². The van der Waals surface area contributed by atoms with Crippen LogP contribution in [-0.4, -0.2) is 56.7 Å². The molecule has 7 heteroatoms. The number of carbonyl (C=O) groups excluding carboxylic acids is 1. The van der Waals surface area contributed by atoms with Crippen LogP contribution in [0.2, 0.25) is 5.02 Å². The molecule has 0 radical (unpaired) electrons. The summed E-state index contributed by atoms with van der Waals surface area (Å²) in [6, 6.07) is 5.37. The summed E-state index contributed by atoms with van der Waals surface area (Å²) >= 11 is 6.30. The van der Waals surface area contributed by atoms with Crippen LogP contribution in [0.15, 0.2) is 30.9 Å². The maximum Gasteiger partial charge on any atom is 0.246 e.